The van der Waals surface area contributed by atoms with Crippen LogP contribution in [0.2, 0.25) is 5.02 Å². The van der Waals surface area contributed by atoms with Crippen LogP contribution in [0.25, 0.3) is 0 Å². The predicted octanol–water partition coefficient (Wildman–Crippen LogP) is 4.75. The number of hydrogen-bond acceptors (Lipinski definition) is 3. The Labute approximate surface area is 158 Å². The van der Waals surface area contributed by atoms with Crippen molar-refractivity contribution in [1.29, 1.82) is 0 Å². The predicted molar refractivity (Wildman–Crippen MR) is 103 cm³/mol. The van der Waals surface area contributed by atoms with E-state index in [0.717, 1.165) is 18.0 Å². The number of aryl methyl sites for hydroxylation is 1. The molecule has 1 aliphatic rings. The number of hydrogen-bond donors (Lipinski definition) is 0. The third-order valence-electron chi connectivity index (χ3n) is 5.25. The molecule has 2 heterocycles. The fraction of sp³-hybridized carbons (Fsp3) is 0.286. The van der Waals surface area contributed by atoms with Crippen LogP contribution in [0.3, 0.4) is 0 Å². The topological polar surface area (TPSA) is 30.3 Å². The summed E-state index contributed by atoms with van der Waals surface area (Å²) in [7, 11) is 2.01. The van der Waals surface area contributed by atoms with E-state index in [-0.39, 0.29) is 11.6 Å². The molecule has 26 heavy (non-hydrogen) atoms. The third-order valence-corrected chi connectivity index (χ3v) is 5.50. The summed E-state index contributed by atoms with van der Waals surface area (Å²) in [4.78, 5) is 10.5. The number of imidazole rings is 1. The zero-order valence-electron chi connectivity index (χ0n) is 15.0. The van der Waals surface area contributed by atoms with Crippen LogP contribution in [0.1, 0.15) is 29.2 Å². The molecule has 1 aliphatic heterocycles. The van der Waals surface area contributed by atoms with Gasteiger partial charge >= 0.3 is 0 Å². The Balaban J connectivity index is 1.72. The van der Waals surface area contributed by atoms with Crippen LogP contribution in [-0.4, -0.2) is 21.7 Å². The van der Waals surface area contributed by atoms with Gasteiger partial charge in [0.2, 0.25) is 0 Å². The standard InChI is InChI=1S/C21H22ClN3O/c1-16-3-5-17(6-4-16)20-13-21(24(2)26-20,14-25-12-11-23-15-25)18-7-9-19(22)10-8-18/h3-12,15,20H,13-14H2,1-2H3/t20-,21+/m0/s1. The maximum Gasteiger partial charge on any atom is 0.107 e. The molecule has 4 nitrogen and oxygen atoms in total. The van der Waals surface area contributed by atoms with Crippen LogP contribution in [0, 0.1) is 6.92 Å². The highest BCUT2D eigenvalue weighted by atomic mass is 35.5. The summed E-state index contributed by atoms with van der Waals surface area (Å²) in [6.07, 6.45) is 6.52. The molecule has 0 unspecified atom stereocenters. The van der Waals surface area contributed by atoms with E-state index in [2.05, 4.69) is 52.9 Å². The van der Waals surface area contributed by atoms with Gasteiger partial charge in [-0.15, -0.1) is 0 Å². The van der Waals surface area contributed by atoms with Crippen molar-refractivity contribution in [2.45, 2.75) is 31.5 Å². The molecule has 0 radical (unpaired) electrons. The van der Waals surface area contributed by atoms with E-state index in [9.17, 15) is 0 Å². The fourth-order valence-corrected chi connectivity index (χ4v) is 3.85. The minimum atomic E-state index is -0.291. The molecule has 0 amide bonds. The molecule has 0 saturated carbocycles. The SMILES string of the molecule is Cc1ccc([C@@H]2C[C@@](Cn3ccnc3)(c3ccc(Cl)cc3)N(C)O2)cc1. The van der Waals surface area contributed by atoms with E-state index in [1.807, 2.05) is 43.0 Å². The normalized spacial score (nSPS) is 23.4. The second-order valence-electron chi connectivity index (χ2n) is 6.98. The first-order valence-corrected chi connectivity index (χ1v) is 9.14. The smallest absolute Gasteiger partial charge is 0.107 e. The van der Waals surface area contributed by atoms with Crippen LogP contribution in [0.5, 0.6) is 0 Å². The lowest BCUT2D eigenvalue weighted by Crippen LogP contribution is -2.41. The van der Waals surface area contributed by atoms with Gasteiger partial charge in [0.15, 0.2) is 0 Å². The lowest BCUT2D eigenvalue weighted by Gasteiger charge is -2.34. The number of hydroxylamine groups is 2. The summed E-state index contributed by atoms with van der Waals surface area (Å²) in [5, 5.41) is 2.74. The molecule has 3 aromatic rings. The Morgan fingerprint density at radius 1 is 1.15 bits per heavy atom. The average molecular weight is 368 g/mol. The van der Waals surface area contributed by atoms with Crippen LogP contribution >= 0.6 is 11.6 Å². The maximum absolute atomic E-state index is 6.30. The highest BCUT2D eigenvalue weighted by molar-refractivity contribution is 6.30. The zero-order chi connectivity index (χ0) is 18.1. The lowest BCUT2D eigenvalue weighted by atomic mass is 9.83. The number of rotatable bonds is 4. The molecule has 5 heteroatoms. The zero-order valence-corrected chi connectivity index (χ0v) is 15.7. The lowest BCUT2D eigenvalue weighted by molar-refractivity contribution is -0.176. The highest BCUT2D eigenvalue weighted by Gasteiger charge is 2.47. The summed E-state index contributed by atoms with van der Waals surface area (Å²) >= 11 is 6.12. The molecule has 134 valence electrons. The van der Waals surface area contributed by atoms with Crippen molar-refractivity contribution in [3.05, 3.63) is 89.0 Å². The van der Waals surface area contributed by atoms with Gasteiger partial charge in [0.25, 0.3) is 0 Å². The van der Waals surface area contributed by atoms with Gasteiger partial charge in [-0.1, -0.05) is 53.6 Å². The summed E-state index contributed by atoms with van der Waals surface area (Å²) in [6, 6.07) is 16.7. The number of benzene rings is 2. The molecule has 1 aromatic heterocycles. The van der Waals surface area contributed by atoms with Crippen molar-refractivity contribution in [2.75, 3.05) is 7.05 Å². The Hall–Kier alpha value is -2.14. The maximum atomic E-state index is 6.30. The molecule has 0 bridgehead atoms. The average Bonchev–Trinajstić information content (AvgIpc) is 3.25. The summed E-state index contributed by atoms with van der Waals surface area (Å²) in [5.41, 5.74) is 3.35. The Kier molecular flexibility index (Phi) is 4.57. The van der Waals surface area contributed by atoms with E-state index in [0.29, 0.717) is 0 Å². The Bertz CT molecular complexity index is 861. The second-order valence-corrected chi connectivity index (χ2v) is 7.42. The van der Waals surface area contributed by atoms with Crippen molar-refractivity contribution in [2.24, 2.45) is 0 Å². The van der Waals surface area contributed by atoms with Crippen molar-refractivity contribution < 1.29 is 4.84 Å². The minimum absolute atomic E-state index is 0.0137. The van der Waals surface area contributed by atoms with E-state index in [4.69, 9.17) is 16.4 Å². The van der Waals surface area contributed by atoms with Gasteiger partial charge in [-0.25, -0.2) is 4.98 Å². The molecule has 2 aromatic carbocycles. The van der Waals surface area contributed by atoms with Gasteiger partial charge in [0.1, 0.15) is 6.10 Å². The summed E-state index contributed by atoms with van der Waals surface area (Å²) in [5.74, 6) is 0. The third kappa shape index (κ3) is 3.16. The first-order valence-electron chi connectivity index (χ1n) is 8.76. The second kappa shape index (κ2) is 6.88. The Morgan fingerprint density at radius 2 is 1.88 bits per heavy atom. The van der Waals surface area contributed by atoms with Crippen molar-refractivity contribution in [3.8, 4) is 0 Å². The minimum Gasteiger partial charge on any atom is -0.335 e. The molecule has 2 atom stereocenters. The van der Waals surface area contributed by atoms with E-state index >= 15 is 0 Å². The van der Waals surface area contributed by atoms with Gasteiger partial charge < -0.3 is 4.57 Å². The number of aromatic nitrogens is 2. The highest BCUT2D eigenvalue weighted by Crippen LogP contribution is 2.47. The van der Waals surface area contributed by atoms with Gasteiger partial charge in [0, 0.05) is 37.4 Å². The monoisotopic (exact) mass is 367 g/mol. The van der Waals surface area contributed by atoms with Crippen molar-refractivity contribution in [3.63, 3.8) is 0 Å². The molecule has 1 fully saturated rings. The fourth-order valence-electron chi connectivity index (χ4n) is 3.72. The van der Waals surface area contributed by atoms with E-state index in [1.165, 1.54) is 16.7 Å². The molecular formula is C21H22ClN3O. The van der Waals surface area contributed by atoms with Crippen molar-refractivity contribution in [1.82, 2.24) is 14.6 Å². The van der Waals surface area contributed by atoms with Crippen LogP contribution in [0.4, 0.5) is 0 Å². The molecule has 1 saturated heterocycles. The molecule has 4 rings (SSSR count). The van der Waals surface area contributed by atoms with Crippen LogP contribution < -0.4 is 0 Å². The van der Waals surface area contributed by atoms with Gasteiger partial charge in [-0.2, -0.15) is 5.06 Å². The van der Waals surface area contributed by atoms with E-state index in [1.54, 1.807) is 0 Å². The molecule has 0 aliphatic carbocycles. The number of nitrogens with zero attached hydrogens (tertiary/aromatic N) is 3. The number of likely N-dealkylation sites (N-methyl/N-ethyl adjacent to an activating group) is 1. The summed E-state index contributed by atoms with van der Waals surface area (Å²) in [6.45, 7) is 2.86. The van der Waals surface area contributed by atoms with Gasteiger partial charge in [-0.3, -0.25) is 4.84 Å². The largest absolute Gasteiger partial charge is 0.335 e. The van der Waals surface area contributed by atoms with Crippen molar-refractivity contribution >= 4 is 11.6 Å². The van der Waals surface area contributed by atoms with Crippen LogP contribution in [0.15, 0.2) is 67.3 Å². The summed E-state index contributed by atoms with van der Waals surface area (Å²) < 4.78 is 2.10. The molecular weight excluding hydrogens is 346 g/mol. The first-order chi connectivity index (χ1) is 12.6. The number of halogens is 1. The molecule has 0 N–H and O–H groups in total. The van der Waals surface area contributed by atoms with Crippen LogP contribution in [-0.2, 0) is 16.9 Å². The Morgan fingerprint density at radius 3 is 2.54 bits per heavy atom. The van der Waals surface area contributed by atoms with Gasteiger partial charge in [-0.05, 0) is 30.2 Å². The van der Waals surface area contributed by atoms with Gasteiger partial charge in [0.05, 0.1) is 11.9 Å². The quantitative estimate of drug-likeness (QED) is 0.666. The first kappa shape index (κ1) is 17.3. The van der Waals surface area contributed by atoms with E-state index < -0.39 is 0 Å². The molecule has 0 spiro atoms.